The largest absolute Gasteiger partial charge is 0.391 e. The monoisotopic (exact) mass is 303 g/mol. The second-order valence-electron chi connectivity index (χ2n) is 5.15. The lowest BCUT2D eigenvalue weighted by molar-refractivity contribution is 0.285. The van der Waals surface area contributed by atoms with Crippen molar-refractivity contribution in [1.82, 2.24) is 4.72 Å². The zero-order valence-electron chi connectivity index (χ0n) is 11.2. The minimum absolute atomic E-state index is 0.107. The van der Waals surface area contributed by atoms with E-state index in [1.165, 1.54) is 30.6 Å². The van der Waals surface area contributed by atoms with Gasteiger partial charge in [0.2, 0.25) is 10.0 Å². The predicted molar refractivity (Wildman–Crippen MR) is 76.7 cm³/mol. The average molecular weight is 303 g/mol. The maximum absolute atomic E-state index is 12.2. The average Bonchev–Trinajstić information content (AvgIpc) is 2.80. The van der Waals surface area contributed by atoms with E-state index in [-0.39, 0.29) is 6.61 Å². The van der Waals surface area contributed by atoms with Gasteiger partial charge in [-0.2, -0.15) is 0 Å². The Kier molecular flexibility index (Phi) is 5.00. The van der Waals surface area contributed by atoms with E-state index in [2.05, 4.69) is 4.72 Å². The van der Waals surface area contributed by atoms with Crippen LogP contribution in [0.15, 0.2) is 11.0 Å². The van der Waals surface area contributed by atoms with Gasteiger partial charge in [0.25, 0.3) is 0 Å². The van der Waals surface area contributed by atoms with Crippen LogP contribution < -0.4 is 4.72 Å². The number of nitrogens with one attached hydrogen (secondary N) is 1. The Morgan fingerprint density at radius 2 is 2.05 bits per heavy atom. The van der Waals surface area contributed by atoms with Gasteiger partial charge in [0.15, 0.2) is 0 Å². The van der Waals surface area contributed by atoms with Crippen LogP contribution >= 0.6 is 11.3 Å². The minimum atomic E-state index is -3.43. The van der Waals surface area contributed by atoms with E-state index in [0.29, 0.717) is 22.2 Å². The van der Waals surface area contributed by atoms with Crippen LogP contribution in [0, 0.1) is 12.8 Å². The van der Waals surface area contributed by atoms with Crippen LogP contribution in [0.25, 0.3) is 0 Å². The van der Waals surface area contributed by atoms with Crippen LogP contribution in [0.4, 0.5) is 0 Å². The highest BCUT2D eigenvalue weighted by molar-refractivity contribution is 7.89. The number of aryl methyl sites for hydroxylation is 1. The summed E-state index contributed by atoms with van der Waals surface area (Å²) in [5.41, 5.74) is 0. The van der Waals surface area contributed by atoms with E-state index in [0.717, 1.165) is 17.7 Å². The van der Waals surface area contributed by atoms with Gasteiger partial charge in [-0.1, -0.05) is 19.3 Å². The number of hydrogen-bond acceptors (Lipinski definition) is 4. The molecule has 1 aromatic heterocycles. The smallest absolute Gasteiger partial charge is 0.241 e. The molecule has 108 valence electrons. The van der Waals surface area contributed by atoms with E-state index in [1.54, 1.807) is 13.0 Å². The molecular weight excluding hydrogens is 282 g/mol. The summed E-state index contributed by atoms with van der Waals surface area (Å²) in [7, 11) is -3.43. The fourth-order valence-corrected chi connectivity index (χ4v) is 5.17. The Morgan fingerprint density at radius 3 is 2.63 bits per heavy atom. The Balaban J connectivity index is 2.02. The van der Waals surface area contributed by atoms with Crippen molar-refractivity contribution in [3.05, 3.63) is 15.8 Å². The summed E-state index contributed by atoms with van der Waals surface area (Å²) < 4.78 is 27.2. The third kappa shape index (κ3) is 3.78. The standard InChI is InChI=1S/C13H21NO3S2/c1-10-13(7-12(9-15)18-10)19(16,17)14-8-11-5-3-2-4-6-11/h7,11,14-15H,2-6,8-9H2,1H3. The number of aliphatic hydroxyl groups is 1. The van der Waals surface area contributed by atoms with Crippen molar-refractivity contribution in [3.8, 4) is 0 Å². The molecule has 0 aromatic carbocycles. The Bertz CT molecular complexity index is 516. The van der Waals surface area contributed by atoms with Gasteiger partial charge in [0, 0.05) is 16.3 Å². The molecule has 1 aliphatic carbocycles. The molecule has 2 rings (SSSR count). The predicted octanol–water partition coefficient (Wildman–Crippen LogP) is 2.41. The van der Waals surface area contributed by atoms with Gasteiger partial charge in [0.1, 0.15) is 0 Å². The summed E-state index contributed by atoms with van der Waals surface area (Å²) in [4.78, 5) is 1.74. The summed E-state index contributed by atoms with van der Waals surface area (Å²) in [6.45, 7) is 2.20. The van der Waals surface area contributed by atoms with E-state index in [1.807, 2.05) is 0 Å². The first kappa shape index (κ1) is 15.0. The minimum Gasteiger partial charge on any atom is -0.391 e. The Hall–Kier alpha value is -0.430. The fraction of sp³-hybridized carbons (Fsp3) is 0.692. The highest BCUT2D eigenvalue weighted by Gasteiger charge is 2.22. The molecule has 19 heavy (non-hydrogen) atoms. The Labute approximate surface area is 118 Å². The molecule has 6 heteroatoms. The quantitative estimate of drug-likeness (QED) is 0.878. The van der Waals surface area contributed by atoms with Crippen LogP contribution in [-0.2, 0) is 16.6 Å². The molecule has 0 atom stereocenters. The van der Waals surface area contributed by atoms with Crippen molar-refractivity contribution in [2.24, 2.45) is 5.92 Å². The molecule has 0 aliphatic heterocycles. The van der Waals surface area contributed by atoms with E-state index >= 15 is 0 Å². The molecule has 0 unspecified atom stereocenters. The lowest BCUT2D eigenvalue weighted by atomic mass is 9.90. The van der Waals surface area contributed by atoms with Gasteiger partial charge >= 0.3 is 0 Å². The second-order valence-corrected chi connectivity index (χ2v) is 8.22. The first-order valence-corrected chi connectivity index (χ1v) is 9.02. The van der Waals surface area contributed by atoms with Crippen LogP contribution in [0.1, 0.15) is 41.9 Å². The summed E-state index contributed by atoms with van der Waals surface area (Å²) in [6, 6.07) is 1.57. The van der Waals surface area contributed by atoms with Crippen LogP contribution in [0.2, 0.25) is 0 Å². The molecule has 0 radical (unpaired) electrons. The maximum atomic E-state index is 12.2. The highest BCUT2D eigenvalue weighted by Crippen LogP contribution is 2.27. The van der Waals surface area contributed by atoms with Crippen molar-refractivity contribution >= 4 is 21.4 Å². The maximum Gasteiger partial charge on any atom is 0.241 e. The zero-order chi connectivity index (χ0) is 13.9. The van der Waals surface area contributed by atoms with Gasteiger partial charge in [-0.05, 0) is 31.7 Å². The number of rotatable bonds is 5. The molecule has 1 fully saturated rings. The lowest BCUT2D eigenvalue weighted by Crippen LogP contribution is -2.30. The molecule has 1 aliphatic rings. The third-order valence-electron chi connectivity index (χ3n) is 3.66. The summed E-state index contributed by atoms with van der Waals surface area (Å²) in [6.07, 6.45) is 5.92. The molecule has 2 N–H and O–H groups in total. The highest BCUT2D eigenvalue weighted by atomic mass is 32.2. The molecular formula is C13H21NO3S2. The normalized spacial score (nSPS) is 17.8. The molecule has 0 spiro atoms. The molecule has 1 heterocycles. The number of thiophene rings is 1. The van der Waals surface area contributed by atoms with Gasteiger partial charge in [-0.25, -0.2) is 13.1 Å². The first-order chi connectivity index (χ1) is 9.03. The summed E-state index contributed by atoms with van der Waals surface area (Å²) >= 11 is 1.33. The number of aliphatic hydroxyl groups excluding tert-OH is 1. The third-order valence-corrected chi connectivity index (χ3v) is 6.37. The Morgan fingerprint density at radius 1 is 1.37 bits per heavy atom. The van der Waals surface area contributed by atoms with Crippen molar-refractivity contribution in [2.45, 2.75) is 50.5 Å². The molecule has 4 nitrogen and oxygen atoms in total. The number of sulfonamides is 1. The molecule has 0 saturated heterocycles. The molecule has 0 amide bonds. The van der Waals surface area contributed by atoms with Gasteiger partial charge in [-0.15, -0.1) is 11.3 Å². The topological polar surface area (TPSA) is 66.4 Å². The molecule has 1 aromatic rings. The fourth-order valence-electron chi connectivity index (χ4n) is 2.57. The summed E-state index contributed by atoms with van der Waals surface area (Å²) in [5, 5.41) is 9.07. The summed E-state index contributed by atoms with van der Waals surface area (Å²) in [5.74, 6) is 0.472. The van der Waals surface area contributed by atoms with Gasteiger partial charge in [0.05, 0.1) is 11.5 Å². The zero-order valence-corrected chi connectivity index (χ0v) is 12.8. The second kappa shape index (κ2) is 6.35. The van der Waals surface area contributed by atoms with Crippen molar-refractivity contribution in [1.29, 1.82) is 0 Å². The molecule has 0 bridgehead atoms. The van der Waals surface area contributed by atoms with Gasteiger partial charge in [-0.3, -0.25) is 0 Å². The van der Waals surface area contributed by atoms with E-state index in [4.69, 9.17) is 5.11 Å². The van der Waals surface area contributed by atoms with Crippen LogP contribution in [-0.4, -0.2) is 20.1 Å². The van der Waals surface area contributed by atoms with Crippen LogP contribution in [0.5, 0.6) is 0 Å². The SMILES string of the molecule is Cc1sc(CO)cc1S(=O)(=O)NCC1CCCCC1. The van der Waals surface area contributed by atoms with Gasteiger partial charge < -0.3 is 5.11 Å². The first-order valence-electron chi connectivity index (χ1n) is 6.73. The number of hydrogen-bond donors (Lipinski definition) is 2. The lowest BCUT2D eigenvalue weighted by Gasteiger charge is -2.21. The van der Waals surface area contributed by atoms with Crippen molar-refractivity contribution in [2.75, 3.05) is 6.54 Å². The molecule has 1 saturated carbocycles. The van der Waals surface area contributed by atoms with Crippen molar-refractivity contribution < 1.29 is 13.5 Å². The van der Waals surface area contributed by atoms with Crippen molar-refractivity contribution in [3.63, 3.8) is 0 Å². The van der Waals surface area contributed by atoms with E-state index < -0.39 is 10.0 Å². The van der Waals surface area contributed by atoms with E-state index in [9.17, 15) is 8.42 Å². The van der Waals surface area contributed by atoms with Crippen LogP contribution in [0.3, 0.4) is 0 Å².